The van der Waals surface area contributed by atoms with Crippen molar-refractivity contribution < 1.29 is 8.42 Å². The van der Waals surface area contributed by atoms with Crippen LogP contribution in [0.5, 0.6) is 0 Å². The predicted molar refractivity (Wildman–Crippen MR) is 113 cm³/mol. The summed E-state index contributed by atoms with van der Waals surface area (Å²) in [6, 6.07) is 24.3. The molecule has 0 saturated carbocycles. The lowest BCUT2D eigenvalue weighted by Gasteiger charge is -2.18. The molecule has 3 aromatic rings. The number of thioether (sulfide) groups is 1. The summed E-state index contributed by atoms with van der Waals surface area (Å²) in [6.45, 7) is 2.21. The molecular weight excluding hydrogens is 398 g/mol. The molecule has 3 nitrogen and oxygen atoms in total. The average Bonchev–Trinajstić information content (AvgIpc) is 2.68. The Balaban J connectivity index is 1.79. The van der Waals surface area contributed by atoms with Crippen LogP contribution in [0.2, 0.25) is 5.02 Å². The Morgan fingerprint density at radius 2 is 1.56 bits per heavy atom. The van der Waals surface area contributed by atoms with Crippen molar-refractivity contribution in [3.8, 4) is 0 Å². The van der Waals surface area contributed by atoms with Crippen LogP contribution in [0.25, 0.3) is 0 Å². The average molecular weight is 418 g/mol. The minimum absolute atomic E-state index is 0.0624. The highest BCUT2D eigenvalue weighted by atomic mass is 35.5. The molecule has 0 fully saturated rings. The van der Waals surface area contributed by atoms with Gasteiger partial charge in [-0.25, -0.2) is 13.1 Å². The summed E-state index contributed by atoms with van der Waals surface area (Å²) >= 11 is 7.57. The molecular formula is C21H20ClNO2S2. The number of hydrogen-bond donors (Lipinski definition) is 1. The van der Waals surface area contributed by atoms with E-state index in [2.05, 4.69) is 4.72 Å². The highest BCUT2D eigenvalue weighted by Gasteiger charge is 2.19. The number of sulfonamides is 1. The summed E-state index contributed by atoms with van der Waals surface area (Å²) in [7, 11) is -3.56. The molecule has 27 heavy (non-hydrogen) atoms. The van der Waals surface area contributed by atoms with Gasteiger partial charge in [-0.3, -0.25) is 0 Å². The van der Waals surface area contributed by atoms with Gasteiger partial charge in [-0.1, -0.05) is 59.6 Å². The van der Waals surface area contributed by atoms with Crippen molar-refractivity contribution in [3.05, 3.63) is 95.0 Å². The van der Waals surface area contributed by atoms with Gasteiger partial charge < -0.3 is 0 Å². The summed E-state index contributed by atoms with van der Waals surface area (Å²) in [4.78, 5) is 1.30. The van der Waals surface area contributed by atoms with Crippen molar-refractivity contribution >= 4 is 33.4 Å². The fraction of sp³-hybridized carbons (Fsp3) is 0.143. The van der Waals surface area contributed by atoms with Gasteiger partial charge in [0.2, 0.25) is 10.0 Å². The molecule has 1 N–H and O–H groups in total. The molecule has 0 saturated heterocycles. The largest absolute Gasteiger partial charge is 0.240 e. The minimum Gasteiger partial charge on any atom is -0.210 e. The lowest BCUT2D eigenvalue weighted by Crippen LogP contribution is -2.27. The lowest BCUT2D eigenvalue weighted by atomic mass is 10.1. The van der Waals surface area contributed by atoms with E-state index in [1.54, 1.807) is 36.0 Å². The Bertz CT molecular complexity index is 973. The summed E-state index contributed by atoms with van der Waals surface area (Å²) in [5.41, 5.74) is 2.08. The molecule has 3 rings (SSSR count). The van der Waals surface area contributed by atoms with Crippen LogP contribution in [-0.4, -0.2) is 15.0 Å². The van der Waals surface area contributed by atoms with Gasteiger partial charge in [-0.05, 0) is 48.9 Å². The molecule has 0 heterocycles. The van der Waals surface area contributed by atoms with Crippen LogP contribution >= 0.6 is 23.4 Å². The van der Waals surface area contributed by atoms with Crippen LogP contribution in [0.1, 0.15) is 16.4 Å². The maximum Gasteiger partial charge on any atom is 0.240 e. The Hall–Kier alpha value is -1.79. The fourth-order valence-corrected chi connectivity index (χ4v) is 4.92. The smallest absolute Gasteiger partial charge is 0.210 e. The van der Waals surface area contributed by atoms with Crippen LogP contribution in [0.3, 0.4) is 0 Å². The molecule has 0 radical (unpaired) electrons. The number of halogens is 1. The van der Waals surface area contributed by atoms with Crippen LogP contribution in [-0.2, 0) is 10.0 Å². The molecule has 0 bridgehead atoms. The lowest BCUT2D eigenvalue weighted by molar-refractivity contribution is 0.581. The number of aryl methyl sites for hydroxylation is 1. The number of hydrogen-bond acceptors (Lipinski definition) is 3. The van der Waals surface area contributed by atoms with Crippen LogP contribution in [0.15, 0.2) is 88.7 Å². The van der Waals surface area contributed by atoms with E-state index in [0.717, 1.165) is 16.0 Å². The van der Waals surface area contributed by atoms with Crippen molar-refractivity contribution in [1.82, 2.24) is 4.72 Å². The summed E-state index contributed by atoms with van der Waals surface area (Å²) in [6.07, 6.45) is 0. The van der Waals surface area contributed by atoms with Crippen LogP contribution in [0, 0.1) is 6.92 Å². The van der Waals surface area contributed by atoms with Gasteiger partial charge in [0.05, 0.1) is 4.90 Å². The normalized spacial score (nSPS) is 12.7. The van der Waals surface area contributed by atoms with Gasteiger partial charge in [0, 0.05) is 21.7 Å². The Kier molecular flexibility index (Phi) is 6.60. The molecule has 1 unspecified atom stereocenters. The first-order valence-electron chi connectivity index (χ1n) is 8.47. The molecule has 1 atom stereocenters. The maximum absolute atomic E-state index is 12.6. The third kappa shape index (κ3) is 5.59. The summed E-state index contributed by atoms with van der Waals surface area (Å²) in [5.74, 6) is 0. The van der Waals surface area contributed by atoms with E-state index in [0.29, 0.717) is 5.02 Å². The first kappa shape index (κ1) is 20.0. The van der Waals surface area contributed by atoms with Crippen molar-refractivity contribution in [1.29, 1.82) is 0 Å². The fourth-order valence-electron chi connectivity index (χ4n) is 2.56. The zero-order valence-electron chi connectivity index (χ0n) is 14.8. The predicted octanol–water partition coefficient (Wildman–Crippen LogP) is 5.46. The topological polar surface area (TPSA) is 46.2 Å². The van der Waals surface area contributed by atoms with Crippen molar-refractivity contribution in [2.24, 2.45) is 0 Å². The number of benzene rings is 3. The van der Waals surface area contributed by atoms with E-state index in [9.17, 15) is 8.42 Å². The van der Waals surface area contributed by atoms with E-state index in [1.165, 1.54) is 0 Å². The highest BCUT2D eigenvalue weighted by molar-refractivity contribution is 7.99. The van der Waals surface area contributed by atoms with Gasteiger partial charge in [-0.15, -0.1) is 11.8 Å². The Morgan fingerprint density at radius 3 is 2.19 bits per heavy atom. The van der Waals surface area contributed by atoms with E-state index < -0.39 is 10.0 Å². The molecule has 6 heteroatoms. The second-order valence-corrected chi connectivity index (χ2v) is 9.62. The van der Waals surface area contributed by atoms with Crippen LogP contribution in [0.4, 0.5) is 0 Å². The quantitative estimate of drug-likeness (QED) is 0.519. The summed E-state index contributed by atoms with van der Waals surface area (Å²) < 4.78 is 28.0. The Morgan fingerprint density at radius 1 is 0.926 bits per heavy atom. The molecule has 0 aliphatic rings. The Labute approximate surface area is 169 Å². The van der Waals surface area contributed by atoms with Crippen LogP contribution < -0.4 is 4.72 Å². The zero-order chi connectivity index (χ0) is 19.3. The second-order valence-electron chi connectivity index (χ2n) is 6.14. The van der Waals surface area contributed by atoms with Gasteiger partial charge in [-0.2, -0.15) is 0 Å². The third-order valence-electron chi connectivity index (χ3n) is 4.05. The summed E-state index contributed by atoms with van der Waals surface area (Å²) in [5, 5.41) is 0.614. The molecule has 0 amide bonds. The van der Waals surface area contributed by atoms with E-state index >= 15 is 0 Å². The van der Waals surface area contributed by atoms with E-state index in [1.807, 2.05) is 61.5 Å². The number of nitrogens with one attached hydrogen (secondary N) is 1. The van der Waals surface area contributed by atoms with Crippen molar-refractivity contribution in [3.63, 3.8) is 0 Å². The highest BCUT2D eigenvalue weighted by Crippen LogP contribution is 2.35. The van der Waals surface area contributed by atoms with Gasteiger partial charge in [0.25, 0.3) is 0 Å². The van der Waals surface area contributed by atoms with Gasteiger partial charge >= 0.3 is 0 Å². The molecule has 140 valence electrons. The molecule has 0 aliphatic carbocycles. The van der Waals surface area contributed by atoms with Crippen molar-refractivity contribution in [2.75, 3.05) is 6.54 Å². The standard InChI is InChI=1S/C21H20ClNO2S2/c1-16-7-13-20(14-8-16)27(24,25)23-15-21(17-5-3-2-4-6-17)26-19-11-9-18(22)10-12-19/h2-14,21,23H,15H2,1H3. The molecule has 0 aromatic heterocycles. The van der Waals surface area contributed by atoms with Gasteiger partial charge in [0.15, 0.2) is 0 Å². The molecule has 0 spiro atoms. The van der Waals surface area contributed by atoms with Gasteiger partial charge in [0.1, 0.15) is 0 Å². The monoisotopic (exact) mass is 417 g/mol. The first-order chi connectivity index (χ1) is 12.9. The first-order valence-corrected chi connectivity index (χ1v) is 11.2. The second kappa shape index (κ2) is 8.93. The zero-order valence-corrected chi connectivity index (χ0v) is 17.2. The van der Waals surface area contributed by atoms with Crippen molar-refractivity contribution in [2.45, 2.75) is 22.0 Å². The third-order valence-corrected chi connectivity index (χ3v) is 7.01. The minimum atomic E-state index is -3.56. The number of rotatable bonds is 7. The SMILES string of the molecule is Cc1ccc(S(=O)(=O)NCC(Sc2ccc(Cl)cc2)c2ccccc2)cc1. The van der Waals surface area contributed by atoms with E-state index in [-0.39, 0.29) is 16.7 Å². The molecule has 3 aromatic carbocycles. The molecule has 0 aliphatic heterocycles. The van der Waals surface area contributed by atoms with E-state index in [4.69, 9.17) is 11.6 Å². The maximum atomic E-state index is 12.6.